The number of methoxy groups -OCH3 is 1. The fraction of sp³-hybridized carbons (Fsp3) is 0.375. The number of carbonyl (C=O) groups is 3. The smallest absolute Gasteiger partial charge is 0.416 e. The third-order valence-electron chi connectivity index (χ3n) is 5.02. The third-order valence-corrected chi connectivity index (χ3v) is 5.02. The molecule has 0 fully saturated rings. The van der Waals surface area contributed by atoms with Crippen molar-refractivity contribution in [1.82, 2.24) is 16.0 Å². The Kier molecular flexibility index (Phi) is 11.1. The lowest BCUT2D eigenvalue weighted by atomic mass is 10.1. The minimum atomic E-state index is -5.06. The van der Waals surface area contributed by atoms with Gasteiger partial charge in [0.15, 0.2) is 12.3 Å². The number of alkyl carbamates (subject to hydrolysis) is 1. The average molecular weight is 565 g/mol. The largest absolute Gasteiger partial charge is 0.445 e. The van der Waals surface area contributed by atoms with Crippen LogP contribution in [0, 0.1) is 0 Å². The summed E-state index contributed by atoms with van der Waals surface area (Å²) in [6.45, 7) is -1.54. The van der Waals surface area contributed by atoms with Gasteiger partial charge in [-0.2, -0.15) is 26.3 Å². The van der Waals surface area contributed by atoms with Gasteiger partial charge in [0.1, 0.15) is 13.2 Å². The van der Waals surface area contributed by atoms with E-state index >= 15 is 0 Å². The molecular weight excluding hydrogens is 540 g/mol. The van der Waals surface area contributed by atoms with E-state index in [9.17, 15) is 40.7 Å². The van der Waals surface area contributed by atoms with Crippen molar-refractivity contribution >= 4 is 17.9 Å². The quantitative estimate of drug-likeness (QED) is 0.285. The highest BCUT2D eigenvalue weighted by Crippen LogP contribution is 2.36. The van der Waals surface area contributed by atoms with Crippen molar-refractivity contribution in [2.75, 3.05) is 20.7 Å². The van der Waals surface area contributed by atoms with Crippen LogP contribution < -0.4 is 16.0 Å². The van der Waals surface area contributed by atoms with E-state index in [1.807, 2.05) is 0 Å². The predicted molar refractivity (Wildman–Crippen MR) is 123 cm³/mol. The van der Waals surface area contributed by atoms with Crippen molar-refractivity contribution in [2.45, 2.75) is 37.9 Å². The SMILES string of the molecule is CNC(=O)[C@H](NC(=O)CNC(=O)OCc1ccccc1)C(OC)OCc1cc(C(F)(F)F)cc(C(F)(F)F)c1. The van der Waals surface area contributed by atoms with E-state index in [1.165, 1.54) is 7.05 Å². The van der Waals surface area contributed by atoms with Crippen molar-refractivity contribution in [1.29, 1.82) is 0 Å². The molecular formula is C24H25F6N3O6. The summed E-state index contributed by atoms with van der Waals surface area (Å²) < 4.78 is 93.9. The summed E-state index contributed by atoms with van der Waals surface area (Å²) in [5.41, 5.74) is -2.92. The maximum absolute atomic E-state index is 13.1. The van der Waals surface area contributed by atoms with Gasteiger partial charge in [-0.25, -0.2) is 4.79 Å². The number of hydrogen-bond donors (Lipinski definition) is 3. The zero-order chi connectivity index (χ0) is 29.2. The average Bonchev–Trinajstić information content (AvgIpc) is 2.89. The number of nitrogens with one attached hydrogen (secondary N) is 3. The molecule has 0 aliphatic carbocycles. The van der Waals surface area contributed by atoms with Gasteiger partial charge in [-0.3, -0.25) is 9.59 Å². The van der Waals surface area contributed by atoms with Crippen LogP contribution in [0.1, 0.15) is 22.3 Å². The number of halogens is 6. The fourth-order valence-corrected chi connectivity index (χ4v) is 3.15. The van der Waals surface area contributed by atoms with Gasteiger partial charge in [0.25, 0.3) is 0 Å². The van der Waals surface area contributed by atoms with Crippen LogP contribution in [-0.2, 0) is 49.4 Å². The van der Waals surface area contributed by atoms with E-state index in [4.69, 9.17) is 14.2 Å². The molecule has 3 N–H and O–H groups in total. The molecule has 3 amide bonds. The van der Waals surface area contributed by atoms with Crippen LogP contribution in [0.3, 0.4) is 0 Å². The first-order chi connectivity index (χ1) is 18.2. The standard InChI is InChI=1S/C24H25F6N3O6/c1-31-20(35)19(33-18(34)11-32-22(36)39-12-14-6-4-3-5-7-14)21(37-2)38-13-15-8-16(23(25,26)27)10-17(9-15)24(28,29)30/h3-10,19,21H,11-13H2,1-2H3,(H,31,35)(H,32,36)(H,33,34)/t19-,21?/m0/s1. The molecule has 0 aromatic heterocycles. The molecule has 9 nitrogen and oxygen atoms in total. The summed E-state index contributed by atoms with van der Waals surface area (Å²) in [5, 5.41) is 6.62. The van der Waals surface area contributed by atoms with Gasteiger partial charge in [0.05, 0.1) is 17.7 Å². The van der Waals surface area contributed by atoms with E-state index in [2.05, 4.69) is 16.0 Å². The van der Waals surface area contributed by atoms with Crippen molar-refractivity contribution in [2.24, 2.45) is 0 Å². The van der Waals surface area contributed by atoms with E-state index in [0.29, 0.717) is 17.7 Å². The lowest BCUT2D eigenvalue weighted by Gasteiger charge is -2.26. The monoisotopic (exact) mass is 565 g/mol. The molecule has 0 saturated carbocycles. The zero-order valence-electron chi connectivity index (χ0n) is 20.6. The number of hydrogen-bond acceptors (Lipinski definition) is 6. The maximum Gasteiger partial charge on any atom is 0.416 e. The first-order valence-corrected chi connectivity index (χ1v) is 11.1. The highest BCUT2D eigenvalue weighted by atomic mass is 19.4. The van der Waals surface area contributed by atoms with Gasteiger partial charge in [-0.05, 0) is 29.3 Å². The highest BCUT2D eigenvalue weighted by molar-refractivity contribution is 5.89. The van der Waals surface area contributed by atoms with Gasteiger partial charge < -0.3 is 30.2 Å². The molecule has 2 aromatic rings. The second-order valence-corrected chi connectivity index (χ2v) is 7.90. The summed E-state index contributed by atoms with van der Waals surface area (Å²) in [5.74, 6) is -1.76. The lowest BCUT2D eigenvalue weighted by Crippen LogP contribution is -2.55. The van der Waals surface area contributed by atoms with Crippen LogP contribution in [0.5, 0.6) is 0 Å². The molecule has 2 rings (SSSR count). The Morgan fingerprint density at radius 1 is 0.872 bits per heavy atom. The zero-order valence-corrected chi connectivity index (χ0v) is 20.6. The minimum Gasteiger partial charge on any atom is -0.445 e. The van der Waals surface area contributed by atoms with Gasteiger partial charge in [-0.15, -0.1) is 0 Å². The van der Waals surface area contributed by atoms with E-state index < -0.39 is 72.4 Å². The maximum atomic E-state index is 13.1. The first-order valence-electron chi connectivity index (χ1n) is 11.1. The molecule has 15 heteroatoms. The van der Waals surface area contributed by atoms with Crippen LogP contribution >= 0.6 is 0 Å². The predicted octanol–water partition coefficient (Wildman–Crippen LogP) is 3.37. The highest BCUT2D eigenvalue weighted by Gasteiger charge is 2.37. The second kappa shape index (κ2) is 13.8. The van der Waals surface area contributed by atoms with Gasteiger partial charge in [-0.1, -0.05) is 30.3 Å². The Balaban J connectivity index is 2.05. The van der Waals surface area contributed by atoms with E-state index in [1.54, 1.807) is 30.3 Å². The molecule has 0 heterocycles. The molecule has 2 atom stereocenters. The Bertz CT molecular complexity index is 1100. The molecule has 0 saturated heterocycles. The molecule has 0 radical (unpaired) electrons. The number of alkyl halides is 6. The molecule has 0 aliphatic heterocycles. The molecule has 1 unspecified atom stereocenters. The molecule has 0 aliphatic rings. The number of rotatable bonds is 11. The number of likely N-dealkylation sites (N-methyl/N-ethyl adjacent to an activating group) is 1. The topological polar surface area (TPSA) is 115 Å². The van der Waals surface area contributed by atoms with Crippen LogP contribution in [-0.4, -0.2) is 50.9 Å². The normalized spacial score (nSPS) is 13.2. The molecule has 214 valence electrons. The van der Waals surface area contributed by atoms with Crippen LogP contribution in [0.15, 0.2) is 48.5 Å². The van der Waals surface area contributed by atoms with E-state index in [-0.39, 0.29) is 12.7 Å². The van der Waals surface area contributed by atoms with E-state index in [0.717, 1.165) is 7.11 Å². The lowest BCUT2D eigenvalue weighted by molar-refractivity contribution is -0.165. The Morgan fingerprint density at radius 3 is 1.97 bits per heavy atom. The summed E-state index contributed by atoms with van der Waals surface area (Å²) in [6, 6.07) is 7.95. The number of carbonyl (C=O) groups excluding carboxylic acids is 3. The van der Waals surface area contributed by atoms with Crippen molar-refractivity contribution < 1.29 is 54.9 Å². The summed E-state index contributed by atoms with van der Waals surface area (Å²) in [4.78, 5) is 36.5. The van der Waals surface area contributed by atoms with Crippen molar-refractivity contribution in [3.63, 3.8) is 0 Å². The second-order valence-electron chi connectivity index (χ2n) is 7.90. The summed E-state index contributed by atoms with van der Waals surface area (Å²) in [7, 11) is 2.25. The number of amides is 3. The van der Waals surface area contributed by atoms with Crippen LogP contribution in [0.4, 0.5) is 31.1 Å². The Labute approximate surface area is 218 Å². The molecule has 0 spiro atoms. The van der Waals surface area contributed by atoms with Crippen LogP contribution in [0.25, 0.3) is 0 Å². The molecule has 2 aromatic carbocycles. The van der Waals surface area contributed by atoms with Gasteiger partial charge >= 0.3 is 18.4 Å². The van der Waals surface area contributed by atoms with Crippen molar-refractivity contribution in [3.8, 4) is 0 Å². The van der Waals surface area contributed by atoms with Gasteiger partial charge in [0, 0.05) is 14.2 Å². The Morgan fingerprint density at radius 2 is 1.46 bits per heavy atom. The third kappa shape index (κ3) is 10.1. The summed E-state index contributed by atoms with van der Waals surface area (Å²) >= 11 is 0. The minimum absolute atomic E-state index is 0.0390. The Hall–Kier alpha value is -3.85. The van der Waals surface area contributed by atoms with Gasteiger partial charge in [0.2, 0.25) is 11.8 Å². The summed E-state index contributed by atoms with van der Waals surface area (Å²) in [6.07, 6.45) is -12.7. The first kappa shape index (κ1) is 31.4. The van der Waals surface area contributed by atoms with Crippen LogP contribution in [0.2, 0.25) is 0 Å². The number of benzene rings is 2. The molecule has 0 bridgehead atoms. The molecule has 39 heavy (non-hydrogen) atoms. The number of ether oxygens (including phenoxy) is 3. The fourth-order valence-electron chi connectivity index (χ4n) is 3.15. The van der Waals surface area contributed by atoms with Crippen molar-refractivity contribution in [3.05, 3.63) is 70.8 Å².